The molecule has 3 atom stereocenters. The summed E-state index contributed by atoms with van der Waals surface area (Å²) in [7, 11) is 1.72. The molecule has 2 aromatic carbocycles. The summed E-state index contributed by atoms with van der Waals surface area (Å²) < 4.78 is 17.1. The zero-order chi connectivity index (χ0) is 28.2. The van der Waals surface area contributed by atoms with Crippen LogP contribution in [-0.4, -0.2) is 77.4 Å². The van der Waals surface area contributed by atoms with Crippen molar-refractivity contribution in [3.8, 4) is 17.4 Å². The van der Waals surface area contributed by atoms with Crippen molar-refractivity contribution in [1.29, 1.82) is 0 Å². The molecule has 5 rings (SSSR count). The second-order valence-corrected chi connectivity index (χ2v) is 10.2. The first-order valence-electron chi connectivity index (χ1n) is 13.3. The third-order valence-corrected chi connectivity index (χ3v) is 7.23. The van der Waals surface area contributed by atoms with Crippen LogP contribution in [0.2, 0.25) is 0 Å². The molecule has 1 aromatic heterocycles. The number of hydrogen-bond acceptors (Lipinski definition) is 7. The largest absolute Gasteiger partial charge is 0.472 e. The van der Waals surface area contributed by atoms with Gasteiger partial charge >= 0.3 is 0 Å². The van der Waals surface area contributed by atoms with E-state index in [1.807, 2.05) is 56.3 Å². The Morgan fingerprint density at radius 1 is 1.12 bits per heavy atom. The van der Waals surface area contributed by atoms with Crippen LogP contribution in [0.4, 0.5) is 0 Å². The van der Waals surface area contributed by atoms with E-state index in [-0.39, 0.29) is 43.6 Å². The van der Waals surface area contributed by atoms with E-state index in [1.165, 1.54) is 0 Å². The van der Waals surface area contributed by atoms with Crippen LogP contribution in [-0.2, 0) is 0 Å². The summed E-state index contributed by atoms with van der Waals surface area (Å²) in [5, 5.41) is 9.92. The van der Waals surface area contributed by atoms with Crippen molar-refractivity contribution in [3.05, 3.63) is 83.0 Å². The molecule has 0 spiro atoms. The number of aliphatic hydroxyl groups is 1. The van der Waals surface area contributed by atoms with Gasteiger partial charge in [0.15, 0.2) is 11.5 Å². The van der Waals surface area contributed by atoms with E-state index in [0.717, 1.165) is 11.1 Å². The highest BCUT2D eigenvalue weighted by molar-refractivity contribution is 5.97. The van der Waals surface area contributed by atoms with Crippen LogP contribution < -0.4 is 14.2 Å². The number of aliphatic hydroxyl groups excluding tert-OH is 1. The molecule has 0 bridgehead atoms. The molecule has 0 saturated carbocycles. The number of fused-ring (bicyclic) bond motifs is 2. The second-order valence-electron chi connectivity index (χ2n) is 10.2. The summed E-state index contributed by atoms with van der Waals surface area (Å²) in [4.78, 5) is 34.7. The van der Waals surface area contributed by atoms with Gasteiger partial charge in [-0.3, -0.25) is 9.59 Å². The van der Waals surface area contributed by atoms with Crippen LogP contribution in [0.25, 0.3) is 12.2 Å². The molecule has 0 saturated heterocycles. The SMILES string of the molecule is C[C@H]1CN([C@@H](C)CO)C(=O)c2cc(C=Cc3ccccc3)cnc2O[C@H]1CN(C)C(=O)c1ccc2c(c1)OCO2. The van der Waals surface area contributed by atoms with Crippen molar-refractivity contribution < 1.29 is 28.9 Å². The van der Waals surface area contributed by atoms with Crippen molar-refractivity contribution in [3.63, 3.8) is 0 Å². The number of ether oxygens (including phenoxy) is 3. The van der Waals surface area contributed by atoms with Crippen molar-refractivity contribution in [2.75, 3.05) is 33.5 Å². The summed E-state index contributed by atoms with van der Waals surface area (Å²) in [6.07, 6.45) is 5.05. The molecule has 0 unspecified atom stereocenters. The molecule has 208 valence electrons. The summed E-state index contributed by atoms with van der Waals surface area (Å²) in [5.41, 5.74) is 2.56. The van der Waals surface area contributed by atoms with Crippen LogP contribution in [0, 0.1) is 5.92 Å². The van der Waals surface area contributed by atoms with Gasteiger partial charge in [-0.2, -0.15) is 0 Å². The molecule has 2 amide bonds. The van der Waals surface area contributed by atoms with Crippen LogP contribution >= 0.6 is 0 Å². The van der Waals surface area contributed by atoms with Gasteiger partial charge in [-0.25, -0.2) is 4.98 Å². The summed E-state index contributed by atoms with van der Waals surface area (Å²) >= 11 is 0. The molecule has 9 nitrogen and oxygen atoms in total. The van der Waals surface area contributed by atoms with Crippen molar-refractivity contribution in [2.24, 2.45) is 5.92 Å². The van der Waals surface area contributed by atoms with E-state index in [1.54, 1.807) is 47.3 Å². The first-order valence-corrected chi connectivity index (χ1v) is 13.3. The van der Waals surface area contributed by atoms with Crippen LogP contribution in [0.5, 0.6) is 17.4 Å². The Morgan fingerprint density at radius 2 is 1.88 bits per heavy atom. The molecule has 0 aliphatic carbocycles. The number of pyridine rings is 1. The predicted molar refractivity (Wildman–Crippen MR) is 150 cm³/mol. The van der Waals surface area contributed by atoms with Gasteiger partial charge < -0.3 is 29.1 Å². The number of rotatable bonds is 7. The Hall–Kier alpha value is -4.37. The smallest absolute Gasteiger partial charge is 0.259 e. The molecular weight excluding hydrogens is 510 g/mol. The lowest BCUT2D eigenvalue weighted by Crippen LogP contribution is -2.50. The fraction of sp³-hybridized carbons (Fsp3) is 0.323. The fourth-order valence-corrected chi connectivity index (χ4v) is 4.79. The Labute approximate surface area is 233 Å². The zero-order valence-corrected chi connectivity index (χ0v) is 22.8. The van der Waals surface area contributed by atoms with E-state index < -0.39 is 12.1 Å². The van der Waals surface area contributed by atoms with Gasteiger partial charge in [0.05, 0.1) is 19.2 Å². The summed E-state index contributed by atoms with van der Waals surface area (Å²) in [5.74, 6) is 0.753. The second kappa shape index (κ2) is 11.8. The Bertz CT molecular complexity index is 1410. The minimum Gasteiger partial charge on any atom is -0.472 e. The quantitative estimate of drug-likeness (QED) is 0.481. The molecule has 1 N–H and O–H groups in total. The van der Waals surface area contributed by atoms with E-state index in [4.69, 9.17) is 14.2 Å². The number of amides is 2. The number of hydrogen-bond donors (Lipinski definition) is 1. The van der Waals surface area contributed by atoms with Gasteiger partial charge in [-0.15, -0.1) is 0 Å². The normalized spacial score (nSPS) is 19.0. The summed E-state index contributed by atoms with van der Waals surface area (Å²) in [6.45, 7) is 4.35. The molecule has 2 aliphatic rings. The van der Waals surface area contributed by atoms with Crippen LogP contribution in [0.3, 0.4) is 0 Å². The number of nitrogens with zero attached hydrogens (tertiary/aromatic N) is 3. The average Bonchev–Trinajstić information content (AvgIpc) is 3.45. The maximum absolute atomic E-state index is 13.7. The Balaban J connectivity index is 1.41. The van der Waals surface area contributed by atoms with E-state index in [2.05, 4.69) is 4.98 Å². The highest BCUT2D eigenvalue weighted by Gasteiger charge is 2.35. The van der Waals surface area contributed by atoms with Crippen LogP contribution in [0.1, 0.15) is 45.7 Å². The topological polar surface area (TPSA) is 101 Å². The molecule has 0 radical (unpaired) electrons. The number of likely N-dealkylation sites (N-methyl/N-ethyl adjacent to an activating group) is 1. The highest BCUT2D eigenvalue weighted by Crippen LogP contribution is 2.33. The lowest BCUT2D eigenvalue weighted by atomic mass is 9.99. The van der Waals surface area contributed by atoms with Crippen molar-refractivity contribution >= 4 is 24.0 Å². The minimum atomic E-state index is -0.457. The highest BCUT2D eigenvalue weighted by atomic mass is 16.7. The monoisotopic (exact) mass is 543 g/mol. The molecule has 0 fully saturated rings. The van der Waals surface area contributed by atoms with Gasteiger partial charge in [-0.05, 0) is 42.3 Å². The maximum Gasteiger partial charge on any atom is 0.259 e. The van der Waals surface area contributed by atoms with Gasteiger partial charge in [-0.1, -0.05) is 49.4 Å². The standard InChI is InChI=1S/C31H33N3O6/c1-20-16-34(21(2)18-35)31(37)25-13-23(10-9-22-7-5-4-6-8-22)15-32-29(25)40-28(20)17-33(3)30(36)24-11-12-26-27(14-24)39-19-38-26/h4-15,20-21,28,35H,16-19H2,1-3H3/t20-,21-,28-/m0/s1. The van der Waals surface area contributed by atoms with Gasteiger partial charge in [0.1, 0.15) is 11.7 Å². The minimum absolute atomic E-state index is 0.133. The third kappa shape index (κ3) is 5.79. The fourth-order valence-electron chi connectivity index (χ4n) is 4.79. The van der Waals surface area contributed by atoms with Gasteiger partial charge in [0, 0.05) is 31.3 Å². The number of carbonyl (C=O) groups is 2. The molecule has 40 heavy (non-hydrogen) atoms. The number of benzene rings is 2. The van der Waals surface area contributed by atoms with E-state index in [9.17, 15) is 14.7 Å². The third-order valence-electron chi connectivity index (χ3n) is 7.23. The molecule has 9 heteroatoms. The average molecular weight is 544 g/mol. The lowest BCUT2D eigenvalue weighted by molar-refractivity contribution is 0.0313. The Kier molecular flexibility index (Phi) is 8.02. The first kappa shape index (κ1) is 27.2. The first-order chi connectivity index (χ1) is 19.3. The van der Waals surface area contributed by atoms with E-state index in [0.29, 0.717) is 29.2 Å². The van der Waals surface area contributed by atoms with Gasteiger partial charge in [0.2, 0.25) is 12.7 Å². The molecular formula is C31H33N3O6. The van der Waals surface area contributed by atoms with Crippen molar-refractivity contribution in [2.45, 2.75) is 26.0 Å². The molecule has 2 aliphatic heterocycles. The maximum atomic E-state index is 13.7. The van der Waals surface area contributed by atoms with E-state index >= 15 is 0 Å². The number of carbonyl (C=O) groups excluding carboxylic acids is 2. The van der Waals surface area contributed by atoms with Crippen LogP contribution in [0.15, 0.2) is 60.8 Å². The molecule has 3 heterocycles. The zero-order valence-electron chi connectivity index (χ0n) is 22.8. The van der Waals surface area contributed by atoms with Gasteiger partial charge in [0.25, 0.3) is 11.8 Å². The summed E-state index contributed by atoms with van der Waals surface area (Å²) in [6, 6.07) is 16.3. The molecule has 3 aromatic rings. The lowest BCUT2D eigenvalue weighted by Gasteiger charge is -2.37. The predicted octanol–water partition coefficient (Wildman–Crippen LogP) is 3.97. The Morgan fingerprint density at radius 3 is 2.65 bits per heavy atom. The van der Waals surface area contributed by atoms with Crippen molar-refractivity contribution in [1.82, 2.24) is 14.8 Å². The number of aromatic nitrogens is 1.